The summed E-state index contributed by atoms with van der Waals surface area (Å²) in [6.45, 7) is 4.76. The number of rotatable bonds is 8. The minimum atomic E-state index is -0.885. The minimum absolute atomic E-state index is 0.238. The summed E-state index contributed by atoms with van der Waals surface area (Å²) in [6.07, 6.45) is 3.86. The first kappa shape index (κ1) is 24.7. The summed E-state index contributed by atoms with van der Waals surface area (Å²) in [5.41, 5.74) is 2.91. The quantitative estimate of drug-likeness (QED) is 0.423. The number of likely N-dealkylation sites (tertiary alicyclic amines) is 1. The number of amides is 1. The van der Waals surface area contributed by atoms with Crippen LogP contribution >= 0.6 is 22.9 Å². The Morgan fingerprint density at radius 1 is 1.27 bits per heavy atom. The van der Waals surface area contributed by atoms with Crippen molar-refractivity contribution in [1.82, 2.24) is 10.2 Å². The molecule has 2 N–H and O–H groups in total. The molecule has 37 heavy (non-hydrogen) atoms. The first-order chi connectivity index (χ1) is 18.0. The molecule has 9 heteroatoms. The highest BCUT2D eigenvalue weighted by Crippen LogP contribution is 2.36. The predicted octanol–water partition coefficient (Wildman–Crippen LogP) is 4.95. The van der Waals surface area contributed by atoms with E-state index >= 15 is 0 Å². The number of hydrogen-bond donors (Lipinski definition) is 2. The Morgan fingerprint density at radius 3 is 2.84 bits per heavy atom. The average molecular weight is 540 g/mol. The molecule has 2 aliphatic heterocycles. The second kappa shape index (κ2) is 10.3. The van der Waals surface area contributed by atoms with E-state index in [9.17, 15) is 9.90 Å². The standard InChI is InChI=1S/C28H30ClN3O4S/c1-16-12-17(4-9-23(16)36-19-6-7-19)26(33)22(14-32-10-2-3-11-32)30-28(34)25-27-21(15-35-31-25)20-8-5-18(29)13-24(20)37-27/h4-5,8-9,12-13,19,22,26,33H,2-3,6-7,10-11,14-15H2,1H3,(H,30,34)/t22-,26-/m1/s1. The molecule has 0 spiro atoms. The van der Waals surface area contributed by atoms with Crippen LogP contribution in [0, 0.1) is 6.92 Å². The molecule has 7 nitrogen and oxygen atoms in total. The van der Waals surface area contributed by atoms with E-state index < -0.39 is 12.1 Å². The molecule has 1 saturated heterocycles. The lowest BCUT2D eigenvalue weighted by atomic mass is 9.99. The number of aliphatic hydroxyl groups excluding tert-OH is 1. The van der Waals surface area contributed by atoms with Crippen LogP contribution in [0.25, 0.3) is 10.1 Å². The van der Waals surface area contributed by atoms with Gasteiger partial charge in [0, 0.05) is 21.8 Å². The highest BCUT2D eigenvalue weighted by Gasteiger charge is 2.32. The molecule has 1 aliphatic carbocycles. The summed E-state index contributed by atoms with van der Waals surface area (Å²) in [7, 11) is 0. The van der Waals surface area contributed by atoms with Crippen LogP contribution in [-0.4, -0.2) is 53.4 Å². The number of nitrogens with one attached hydrogen (secondary N) is 1. The Kier molecular flexibility index (Phi) is 6.84. The van der Waals surface area contributed by atoms with E-state index in [2.05, 4.69) is 15.4 Å². The number of ether oxygens (including phenoxy) is 1. The van der Waals surface area contributed by atoms with E-state index in [-0.39, 0.29) is 11.6 Å². The molecule has 1 amide bonds. The van der Waals surface area contributed by atoms with Crippen LogP contribution in [0.3, 0.4) is 0 Å². The molecule has 3 aromatic rings. The second-order valence-corrected chi connectivity index (χ2v) is 11.6. The zero-order chi connectivity index (χ0) is 25.5. The molecule has 3 aliphatic rings. The fraction of sp³-hybridized carbons (Fsp3) is 0.429. The van der Waals surface area contributed by atoms with Gasteiger partial charge in [-0.3, -0.25) is 4.79 Å². The van der Waals surface area contributed by atoms with Crippen molar-refractivity contribution in [2.24, 2.45) is 5.16 Å². The Hall–Kier alpha value is -2.65. The Labute approximate surface area is 225 Å². The van der Waals surface area contributed by atoms with Crippen LogP contribution < -0.4 is 10.1 Å². The van der Waals surface area contributed by atoms with E-state index in [4.69, 9.17) is 21.2 Å². The number of fused-ring (bicyclic) bond motifs is 3. The summed E-state index contributed by atoms with van der Waals surface area (Å²) in [6, 6.07) is 11.0. The number of aryl methyl sites for hydroxylation is 1. The zero-order valence-corrected chi connectivity index (χ0v) is 22.3. The number of aliphatic hydroxyl groups is 1. The van der Waals surface area contributed by atoms with Gasteiger partial charge in [-0.2, -0.15) is 0 Å². The van der Waals surface area contributed by atoms with E-state index in [0.29, 0.717) is 24.3 Å². The maximum Gasteiger partial charge on any atom is 0.275 e. The number of carbonyl (C=O) groups excluding carboxylic acids is 1. The van der Waals surface area contributed by atoms with Crippen molar-refractivity contribution >= 4 is 44.6 Å². The largest absolute Gasteiger partial charge is 0.490 e. The van der Waals surface area contributed by atoms with E-state index in [1.807, 2.05) is 43.3 Å². The summed E-state index contributed by atoms with van der Waals surface area (Å²) < 4.78 is 6.96. The first-order valence-electron chi connectivity index (χ1n) is 12.9. The van der Waals surface area contributed by atoms with Gasteiger partial charge in [-0.1, -0.05) is 28.9 Å². The van der Waals surface area contributed by atoms with Crippen molar-refractivity contribution in [2.75, 3.05) is 19.6 Å². The number of halogens is 1. The molecule has 2 atom stereocenters. The zero-order valence-electron chi connectivity index (χ0n) is 20.7. The monoisotopic (exact) mass is 539 g/mol. The van der Waals surface area contributed by atoms with Gasteiger partial charge in [-0.15, -0.1) is 11.3 Å². The number of carbonyl (C=O) groups is 1. The molecule has 3 heterocycles. The average Bonchev–Trinajstić information content (AvgIpc) is 3.41. The summed E-state index contributed by atoms with van der Waals surface area (Å²) in [5.74, 6) is 0.497. The first-order valence-corrected chi connectivity index (χ1v) is 14.1. The summed E-state index contributed by atoms with van der Waals surface area (Å²) >= 11 is 7.68. The van der Waals surface area contributed by atoms with Gasteiger partial charge in [0.1, 0.15) is 18.5 Å². The van der Waals surface area contributed by atoms with Crippen molar-refractivity contribution in [2.45, 2.75) is 57.5 Å². The lowest BCUT2D eigenvalue weighted by Gasteiger charge is -2.29. The lowest BCUT2D eigenvalue weighted by Crippen LogP contribution is -2.49. The van der Waals surface area contributed by atoms with Crippen LogP contribution in [-0.2, 0) is 16.2 Å². The van der Waals surface area contributed by atoms with Gasteiger partial charge in [-0.05, 0) is 86.5 Å². The number of oxime groups is 1. The third-order valence-corrected chi connectivity index (χ3v) is 8.70. The topological polar surface area (TPSA) is 83.4 Å². The number of nitrogens with zero attached hydrogens (tertiary/aromatic N) is 2. The Balaban J connectivity index is 1.25. The Bertz CT molecular complexity index is 1360. The predicted molar refractivity (Wildman–Crippen MR) is 146 cm³/mol. The van der Waals surface area contributed by atoms with Crippen LogP contribution in [0.1, 0.15) is 53.4 Å². The molecular formula is C28H30ClN3O4S. The molecule has 2 fully saturated rings. The van der Waals surface area contributed by atoms with Gasteiger partial charge in [0.25, 0.3) is 5.91 Å². The molecule has 1 saturated carbocycles. The molecule has 194 valence electrons. The fourth-order valence-corrected chi connectivity index (χ4v) is 6.56. The van der Waals surface area contributed by atoms with Crippen molar-refractivity contribution < 1.29 is 19.5 Å². The molecule has 1 aromatic heterocycles. The van der Waals surface area contributed by atoms with Gasteiger partial charge in [-0.25, -0.2) is 0 Å². The van der Waals surface area contributed by atoms with Crippen molar-refractivity contribution in [3.8, 4) is 5.75 Å². The van der Waals surface area contributed by atoms with Crippen molar-refractivity contribution in [1.29, 1.82) is 0 Å². The highest BCUT2D eigenvalue weighted by molar-refractivity contribution is 7.21. The molecule has 0 bridgehead atoms. The van der Waals surface area contributed by atoms with Crippen LogP contribution in [0.5, 0.6) is 5.75 Å². The molecule has 0 unspecified atom stereocenters. The third-order valence-electron chi connectivity index (χ3n) is 7.26. The van der Waals surface area contributed by atoms with E-state index in [1.165, 1.54) is 11.3 Å². The summed E-state index contributed by atoms with van der Waals surface area (Å²) in [5, 5.41) is 20.4. The highest BCUT2D eigenvalue weighted by atomic mass is 35.5. The fourth-order valence-electron chi connectivity index (χ4n) is 5.10. The number of benzene rings is 2. The van der Waals surface area contributed by atoms with Crippen molar-refractivity contribution in [3.63, 3.8) is 0 Å². The molecular weight excluding hydrogens is 510 g/mol. The summed E-state index contributed by atoms with van der Waals surface area (Å²) in [4.78, 5) is 22.1. The van der Waals surface area contributed by atoms with Gasteiger partial charge in [0.2, 0.25) is 0 Å². The van der Waals surface area contributed by atoms with E-state index in [1.54, 1.807) is 0 Å². The number of hydrogen-bond acceptors (Lipinski definition) is 7. The third kappa shape index (κ3) is 5.21. The van der Waals surface area contributed by atoms with Crippen LogP contribution in [0.4, 0.5) is 0 Å². The number of thiophene rings is 1. The smallest absolute Gasteiger partial charge is 0.275 e. The maximum absolute atomic E-state index is 13.6. The van der Waals surface area contributed by atoms with Gasteiger partial charge < -0.3 is 24.9 Å². The second-order valence-electron chi connectivity index (χ2n) is 10.1. The normalized spacial score (nSPS) is 19.2. The SMILES string of the molecule is Cc1cc([C@@H](O)[C@@H](CN2CCCC2)NC(=O)C2=NOCc3c2sc2cc(Cl)ccc32)ccc1OC1CC1. The van der Waals surface area contributed by atoms with Gasteiger partial charge in [0.05, 0.1) is 17.0 Å². The maximum atomic E-state index is 13.6. The van der Waals surface area contributed by atoms with Crippen LogP contribution in [0.2, 0.25) is 5.02 Å². The van der Waals surface area contributed by atoms with Crippen LogP contribution in [0.15, 0.2) is 41.6 Å². The molecule has 2 aromatic carbocycles. The minimum Gasteiger partial charge on any atom is -0.490 e. The Morgan fingerprint density at radius 2 is 2.08 bits per heavy atom. The van der Waals surface area contributed by atoms with Gasteiger partial charge in [0.15, 0.2) is 5.71 Å². The molecule has 6 rings (SSSR count). The lowest BCUT2D eigenvalue weighted by molar-refractivity contribution is -0.116. The van der Waals surface area contributed by atoms with Crippen molar-refractivity contribution in [3.05, 3.63) is 63.0 Å². The van der Waals surface area contributed by atoms with E-state index in [0.717, 1.165) is 76.2 Å². The van der Waals surface area contributed by atoms with Gasteiger partial charge >= 0.3 is 0 Å². The molecule has 0 radical (unpaired) electrons.